The van der Waals surface area contributed by atoms with E-state index in [1.807, 2.05) is 18.2 Å². The van der Waals surface area contributed by atoms with Crippen molar-refractivity contribution in [1.29, 1.82) is 0 Å². The molecule has 0 saturated carbocycles. The quantitative estimate of drug-likeness (QED) is 0.719. The van der Waals surface area contributed by atoms with E-state index >= 15 is 0 Å². The van der Waals surface area contributed by atoms with Gasteiger partial charge in [-0.1, -0.05) is 21.7 Å². The Balaban J connectivity index is 1.98. The lowest BCUT2D eigenvalue weighted by Gasteiger charge is -2.02. The van der Waals surface area contributed by atoms with E-state index in [1.165, 1.54) is 0 Å². The van der Waals surface area contributed by atoms with Gasteiger partial charge in [0.15, 0.2) is 0 Å². The minimum atomic E-state index is -0.225. The Kier molecular flexibility index (Phi) is 2.30. The molecule has 3 aromatic rings. The molecule has 0 unspecified atom stereocenters. The zero-order valence-corrected chi connectivity index (χ0v) is 9.36. The number of aromatic amines is 1. The minimum absolute atomic E-state index is 0.225. The average molecular weight is 245 g/mol. The average Bonchev–Trinajstić information content (AvgIpc) is 2.97. The molecule has 2 aromatic heterocycles. The number of fused-ring (bicyclic) bond motifs is 1. The van der Waals surface area contributed by atoms with Crippen LogP contribution in [0.3, 0.4) is 0 Å². The molecule has 0 fully saturated rings. The summed E-state index contributed by atoms with van der Waals surface area (Å²) < 4.78 is 3.58. The number of para-hydroxylation sites is 1. The Morgan fingerprint density at radius 3 is 3.12 bits per heavy atom. The number of carbonyl (C=O) groups is 1. The highest BCUT2D eigenvalue weighted by Crippen LogP contribution is 2.18. The summed E-state index contributed by atoms with van der Waals surface area (Å²) in [6.07, 6.45) is 1.80. The predicted octanol–water partition coefficient (Wildman–Crippen LogP) is 1.67. The Morgan fingerprint density at radius 1 is 1.35 bits per heavy atom. The van der Waals surface area contributed by atoms with Crippen molar-refractivity contribution in [2.45, 2.75) is 0 Å². The molecule has 0 aliphatic rings. The van der Waals surface area contributed by atoms with E-state index in [-0.39, 0.29) is 5.91 Å². The molecule has 0 aliphatic heterocycles. The summed E-state index contributed by atoms with van der Waals surface area (Å²) in [6, 6.07) is 7.44. The predicted molar refractivity (Wildman–Crippen MR) is 64.0 cm³/mol. The van der Waals surface area contributed by atoms with Crippen molar-refractivity contribution >= 4 is 33.5 Å². The SMILES string of the molecule is O=C(Nc1nnns1)c1cccc2cc[nH]c12. The molecule has 2 N–H and O–H groups in total. The first-order valence-corrected chi connectivity index (χ1v) is 5.64. The summed E-state index contributed by atoms with van der Waals surface area (Å²) in [5.74, 6) is -0.225. The molecule has 0 aliphatic carbocycles. The monoisotopic (exact) mass is 245 g/mol. The molecule has 1 amide bonds. The van der Waals surface area contributed by atoms with Gasteiger partial charge in [-0.2, -0.15) is 0 Å². The second-order valence-corrected chi connectivity index (χ2v) is 4.10. The van der Waals surface area contributed by atoms with Crippen LogP contribution in [0.4, 0.5) is 5.13 Å². The van der Waals surface area contributed by atoms with Crippen molar-refractivity contribution in [3.8, 4) is 0 Å². The van der Waals surface area contributed by atoms with Gasteiger partial charge in [0.05, 0.1) is 11.1 Å². The molecular formula is C10H7N5OS. The fourth-order valence-corrected chi connectivity index (χ4v) is 1.98. The van der Waals surface area contributed by atoms with Crippen LogP contribution in [-0.2, 0) is 0 Å². The van der Waals surface area contributed by atoms with E-state index in [2.05, 4.69) is 25.1 Å². The second kappa shape index (κ2) is 3.95. The molecule has 0 radical (unpaired) electrons. The highest BCUT2D eigenvalue weighted by Gasteiger charge is 2.12. The molecule has 0 spiro atoms. The highest BCUT2D eigenvalue weighted by molar-refractivity contribution is 7.09. The third-order valence-corrected chi connectivity index (χ3v) is 2.86. The number of anilines is 1. The molecule has 84 valence electrons. The Bertz CT molecular complexity index is 660. The lowest BCUT2D eigenvalue weighted by molar-refractivity contribution is 0.102. The topological polar surface area (TPSA) is 83.6 Å². The van der Waals surface area contributed by atoms with Crippen LogP contribution in [0, 0.1) is 0 Å². The van der Waals surface area contributed by atoms with Crippen molar-refractivity contribution in [3.05, 3.63) is 36.0 Å². The Hall–Kier alpha value is -2.28. The number of rotatable bonds is 2. The van der Waals surface area contributed by atoms with Gasteiger partial charge >= 0.3 is 0 Å². The molecule has 17 heavy (non-hydrogen) atoms. The first-order chi connectivity index (χ1) is 8.34. The molecule has 1 aromatic carbocycles. The highest BCUT2D eigenvalue weighted by atomic mass is 32.1. The van der Waals surface area contributed by atoms with Gasteiger partial charge in [0, 0.05) is 23.1 Å². The summed E-state index contributed by atoms with van der Waals surface area (Å²) in [5, 5.41) is 11.1. The van der Waals surface area contributed by atoms with Crippen LogP contribution in [0.1, 0.15) is 10.4 Å². The molecule has 3 rings (SSSR count). The molecule has 0 saturated heterocycles. The fourth-order valence-electron chi connectivity index (χ4n) is 1.62. The number of hydrogen-bond donors (Lipinski definition) is 2. The number of carbonyl (C=O) groups excluding carboxylic acids is 1. The number of nitrogens with zero attached hydrogens (tertiary/aromatic N) is 3. The van der Waals surface area contributed by atoms with Crippen molar-refractivity contribution < 1.29 is 4.79 Å². The van der Waals surface area contributed by atoms with E-state index in [1.54, 1.807) is 12.3 Å². The molecular weight excluding hydrogens is 238 g/mol. The Morgan fingerprint density at radius 2 is 2.29 bits per heavy atom. The minimum Gasteiger partial charge on any atom is -0.361 e. The fraction of sp³-hybridized carbons (Fsp3) is 0. The first-order valence-electron chi connectivity index (χ1n) is 4.87. The lowest BCUT2D eigenvalue weighted by Crippen LogP contribution is -2.12. The lowest BCUT2D eigenvalue weighted by atomic mass is 10.1. The molecule has 0 atom stereocenters. The van der Waals surface area contributed by atoms with Gasteiger partial charge in [-0.3, -0.25) is 10.1 Å². The van der Waals surface area contributed by atoms with Gasteiger partial charge in [-0.05, 0) is 17.3 Å². The standard InChI is InChI=1S/C10H7N5OS/c16-9(12-10-13-14-15-17-10)7-3-1-2-6-4-5-11-8(6)7/h1-5,11H,(H,12,13,15,16). The normalized spacial score (nSPS) is 10.6. The van der Waals surface area contributed by atoms with Gasteiger partial charge in [0.2, 0.25) is 5.13 Å². The van der Waals surface area contributed by atoms with Gasteiger partial charge < -0.3 is 4.98 Å². The second-order valence-electron chi connectivity index (χ2n) is 3.37. The van der Waals surface area contributed by atoms with Crippen LogP contribution >= 0.6 is 11.5 Å². The summed E-state index contributed by atoms with van der Waals surface area (Å²) in [6.45, 7) is 0. The number of hydrogen-bond acceptors (Lipinski definition) is 5. The zero-order chi connectivity index (χ0) is 11.7. The third-order valence-electron chi connectivity index (χ3n) is 2.35. The van der Waals surface area contributed by atoms with Crippen molar-refractivity contribution in [2.75, 3.05) is 5.32 Å². The molecule has 6 nitrogen and oxygen atoms in total. The van der Waals surface area contributed by atoms with Gasteiger partial charge in [-0.15, -0.1) is 0 Å². The number of H-pyrrole nitrogens is 1. The summed E-state index contributed by atoms with van der Waals surface area (Å²) in [4.78, 5) is 15.0. The number of aromatic nitrogens is 4. The van der Waals surface area contributed by atoms with E-state index < -0.39 is 0 Å². The van der Waals surface area contributed by atoms with Crippen LogP contribution in [0.25, 0.3) is 10.9 Å². The summed E-state index contributed by atoms with van der Waals surface area (Å²) in [5.41, 5.74) is 1.38. The third kappa shape index (κ3) is 1.76. The van der Waals surface area contributed by atoms with Gasteiger partial charge in [-0.25, -0.2) is 0 Å². The summed E-state index contributed by atoms with van der Waals surface area (Å²) >= 11 is 1.04. The van der Waals surface area contributed by atoms with Crippen LogP contribution in [0.15, 0.2) is 30.5 Å². The smallest absolute Gasteiger partial charge is 0.259 e. The van der Waals surface area contributed by atoms with Crippen LogP contribution in [-0.4, -0.2) is 25.7 Å². The number of nitrogens with one attached hydrogen (secondary N) is 2. The van der Waals surface area contributed by atoms with Crippen LogP contribution < -0.4 is 5.32 Å². The van der Waals surface area contributed by atoms with E-state index in [9.17, 15) is 4.79 Å². The van der Waals surface area contributed by atoms with Crippen molar-refractivity contribution in [1.82, 2.24) is 19.8 Å². The molecule has 0 bridgehead atoms. The maximum Gasteiger partial charge on any atom is 0.259 e. The maximum atomic E-state index is 12.0. The Labute approximate surface area is 99.8 Å². The largest absolute Gasteiger partial charge is 0.361 e. The van der Waals surface area contributed by atoms with Crippen molar-refractivity contribution in [3.63, 3.8) is 0 Å². The van der Waals surface area contributed by atoms with Gasteiger partial charge in [0.1, 0.15) is 0 Å². The summed E-state index contributed by atoms with van der Waals surface area (Å²) in [7, 11) is 0. The van der Waals surface area contributed by atoms with Gasteiger partial charge in [0.25, 0.3) is 5.91 Å². The number of benzene rings is 1. The number of amides is 1. The van der Waals surface area contributed by atoms with E-state index in [4.69, 9.17) is 0 Å². The van der Waals surface area contributed by atoms with Crippen LogP contribution in [0.5, 0.6) is 0 Å². The van der Waals surface area contributed by atoms with E-state index in [0.29, 0.717) is 10.7 Å². The van der Waals surface area contributed by atoms with Crippen LogP contribution in [0.2, 0.25) is 0 Å². The maximum absolute atomic E-state index is 12.0. The van der Waals surface area contributed by atoms with E-state index in [0.717, 1.165) is 22.4 Å². The van der Waals surface area contributed by atoms with Crippen molar-refractivity contribution in [2.24, 2.45) is 0 Å². The first kappa shape index (κ1) is 9.91. The zero-order valence-electron chi connectivity index (χ0n) is 8.54. The molecule has 2 heterocycles. The molecule has 7 heteroatoms.